The second-order valence-corrected chi connectivity index (χ2v) is 12.7. The third-order valence-corrected chi connectivity index (χ3v) is 9.98. The van der Waals surface area contributed by atoms with E-state index in [2.05, 4.69) is 144 Å². The Hall–Kier alpha value is -6.65. The van der Waals surface area contributed by atoms with Crippen LogP contribution in [0.15, 0.2) is 167 Å². The predicted octanol–water partition coefficient (Wildman–Crippen LogP) is 12.5. The van der Waals surface area contributed by atoms with E-state index < -0.39 is 0 Å². The largest absolute Gasteiger partial charge is 0.456 e. The number of fused-ring (bicyclic) bond motifs is 10. The van der Waals surface area contributed by atoms with Gasteiger partial charge in [0.15, 0.2) is 5.58 Å². The van der Waals surface area contributed by atoms with Crippen molar-refractivity contribution in [2.75, 3.05) is 0 Å². The summed E-state index contributed by atoms with van der Waals surface area (Å²) in [5, 5.41) is 8.84. The lowest BCUT2D eigenvalue weighted by Crippen LogP contribution is -1.93. The Morgan fingerprint density at radius 3 is 2.06 bits per heavy atom. The van der Waals surface area contributed by atoms with Crippen LogP contribution in [0.4, 0.5) is 0 Å². The lowest BCUT2D eigenvalue weighted by atomic mass is 9.98. The summed E-state index contributed by atoms with van der Waals surface area (Å²) in [6.07, 6.45) is 0. The third kappa shape index (κ3) is 3.77. The van der Waals surface area contributed by atoms with Crippen LogP contribution in [0.3, 0.4) is 0 Å². The first-order valence-corrected chi connectivity index (χ1v) is 16.5. The molecule has 0 spiro atoms. The summed E-state index contributed by atoms with van der Waals surface area (Å²) in [7, 11) is 0. The highest BCUT2D eigenvalue weighted by Crippen LogP contribution is 2.46. The van der Waals surface area contributed by atoms with Crippen molar-refractivity contribution in [2.24, 2.45) is 0 Å². The lowest BCUT2D eigenvalue weighted by Gasteiger charge is -2.10. The van der Waals surface area contributed by atoms with Crippen molar-refractivity contribution in [3.05, 3.63) is 158 Å². The molecule has 3 heterocycles. The molecule has 0 aliphatic heterocycles. The van der Waals surface area contributed by atoms with Gasteiger partial charge in [-0.1, -0.05) is 115 Å². The van der Waals surface area contributed by atoms with E-state index in [0.29, 0.717) is 5.89 Å². The van der Waals surface area contributed by atoms with Crippen molar-refractivity contribution in [3.8, 4) is 28.3 Å². The highest BCUT2D eigenvalue weighted by Gasteiger charge is 2.25. The number of benzene rings is 8. The first-order chi connectivity index (χ1) is 24.3. The van der Waals surface area contributed by atoms with Gasteiger partial charge < -0.3 is 13.4 Å². The lowest BCUT2D eigenvalue weighted by molar-refractivity contribution is 0.622. The number of oxazole rings is 1. The van der Waals surface area contributed by atoms with Crippen LogP contribution in [0, 0.1) is 0 Å². The van der Waals surface area contributed by atoms with Gasteiger partial charge in [-0.3, -0.25) is 0 Å². The number of rotatable bonds is 3. The summed E-state index contributed by atoms with van der Waals surface area (Å²) < 4.78 is 15.9. The molecule has 0 aliphatic carbocycles. The summed E-state index contributed by atoms with van der Waals surface area (Å²) in [6.45, 7) is 0. The van der Waals surface area contributed by atoms with Crippen LogP contribution < -0.4 is 0 Å². The monoisotopic (exact) mass is 626 g/mol. The third-order valence-electron chi connectivity index (χ3n) is 9.98. The van der Waals surface area contributed by atoms with Crippen molar-refractivity contribution in [3.63, 3.8) is 0 Å². The average Bonchev–Trinajstić information content (AvgIpc) is 3.85. The summed E-state index contributed by atoms with van der Waals surface area (Å²) in [6, 6.07) is 55.3. The summed E-state index contributed by atoms with van der Waals surface area (Å²) >= 11 is 0. The van der Waals surface area contributed by atoms with Gasteiger partial charge in [0.05, 0.1) is 22.0 Å². The molecule has 3 aromatic heterocycles. The van der Waals surface area contributed by atoms with Crippen molar-refractivity contribution in [1.29, 1.82) is 0 Å². The highest BCUT2D eigenvalue weighted by molar-refractivity contribution is 6.24. The number of nitrogens with zero attached hydrogens (tertiary/aromatic N) is 2. The molecule has 0 fully saturated rings. The molecule has 228 valence electrons. The molecule has 0 atom stereocenters. The molecule has 0 bridgehead atoms. The SMILES string of the molecule is c1ccc(-n2c3ccccc3c3c(-c4nc5c(o4)c(-c4ccc6ccccc6c4)cc4oc6ccccc6c45)c4ccccc4cc32)cc1. The molecular weight excluding hydrogens is 601 g/mol. The fourth-order valence-corrected chi connectivity index (χ4v) is 7.83. The van der Waals surface area contributed by atoms with Crippen LogP contribution in [0.2, 0.25) is 0 Å². The van der Waals surface area contributed by atoms with Crippen LogP contribution in [0.5, 0.6) is 0 Å². The van der Waals surface area contributed by atoms with E-state index in [9.17, 15) is 0 Å². The second-order valence-electron chi connectivity index (χ2n) is 12.7. The number of hydrogen-bond acceptors (Lipinski definition) is 3. The zero-order chi connectivity index (χ0) is 32.1. The fourth-order valence-electron chi connectivity index (χ4n) is 7.83. The first-order valence-electron chi connectivity index (χ1n) is 16.5. The Bertz CT molecular complexity index is 3110. The minimum absolute atomic E-state index is 0.590. The van der Waals surface area contributed by atoms with Crippen molar-refractivity contribution < 1.29 is 8.83 Å². The van der Waals surface area contributed by atoms with E-state index in [1.165, 1.54) is 10.8 Å². The summed E-state index contributed by atoms with van der Waals surface area (Å²) in [4.78, 5) is 5.44. The van der Waals surface area contributed by atoms with Crippen LogP contribution in [-0.4, -0.2) is 9.55 Å². The fraction of sp³-hybridized carbons (Fsp3) is 0. The normalized spacial score (nSPS) is 12.1. The van der Waals surface area contributed by atoms with E-state index >= 15 is 0 Å². The van der Waals surface area contributed by atoms with Crippen molar-refractivity contribution in [2.45, 2.75) is 0 Å². The zero-order valence-electron chi connectivity index (χ0n) is 26.2. The minimum Gasteiger partial charge on any atom is -0.456 e. The van der Waals surface area contributed by atoms with E-state index in [1.54, 1.807) is 0 Å². The van der Waals surface area contributed by atoms with E-state index in [-0.39, 0.29) is 0 Å². The quantitative estimate of drug-likeness (QED) is 0.196. The minimum atomic E-state index is 0.590. The maximum Gasteiger partial charge on any atom is 0.228 e. The standard InChI is InChI=1S/C45H26N2O2/c1-2-15-31(16-3-1)47-36-20-10-8-18-33(36)40-37(47)25-29-14-6-7-17-32(29)42(40)45-46-43-41-34-19-9-11-21-38(34)48-39(41)26-35(44(43)49-45)30-23-22-27-12-4-5-13-28(27)24-30/h1-26H. The molecule has 0 unspecified atom stereocenters. The maximum atomic E-state index is 7.10. The van der Waals surface area contributed by atoms with Gasteiger partial charge >= 0.3 is 0 Å². The van der Waals surface area contributed by atoms with Gasteiger partial charge in [0.25, 0.3) is 0 Å². The van der Waals surface area contributed by atoms with Gasteiger partial charge in [0.1, 0.15) is 16.7 Å². The Morgan fingerprint density at radius 1 is 0.469 bits per heavy atom. The van der Waals surface area contributed by atoms with Crippen LogP contribution >= 0.6 is 0 Å². The molecule has 0 radical (unpaired) electrons. The summed E-state index contributed by atoms with van der Waals surface area (Å²) in [5.41, 5.74) is 9.52. The Balaban J connectivity index is 1.31. The van der Waals surface area contributed by atoms with E-state index in [1.807, 2.05) is 18.2 Å². The zero-order valence-corrected chi connectivity index (χ0v) is 26.2. The number of aromatic nitrogens is 2. The molecule has 49 heavy (non-hydrogen) atoms. The Labute approximate surface area is 280 Å². The molecule has 8 aromatic carbocycles. The van der Waals surface area contributed by atoms with Crippen molar-refractivity contribution >= 4 is 76.4 Å². The molecule has 0 saturated carbocycles. The highest BCUT2D eigenvalue weighted by atomic mass is 16.4. The van der Waals surface area contributed by atoms with Crippen LogP contribution in [0.25, 0.3) is 105 Å². The molecule has 0 aliphatic rings. The molecule has 11 aromatic rings. The van der Waals surface area contributed by atoms with Gasteiger partial charge in [0, 0.05) is 27.4 Å². The number of hydrogen-bond donors (Lipinski definition) is 0. The molecule has 0 amide bonds. The molecule has 4 nitrogen and oxygen atoms in total. The molecule has 11 rings (SSSR count). The van der Waals surface area contributed by atoms with E-state index in [0.717, 1.165) is 88.0 Å². The van der Waals surface area contributed by atoms with Crippen molar-refractivity contribution in [1.82, 2.24) is 9.55 Å². The smallest absolute Gasteiger partial charge is 0.228 e. The molecule has 0 N–H and O–H groups in total. The molecular formula is C45H26N2O2. The van der Waals surface area contributed by atoms with Crippen LogP contribution in [0.1, 0.15) is 0 Å². The van der Waals surface area contributed by atoms with Gasteiger partial charge in [-0.05, 0) is 69.6 Å². The number of para-hydroxylation sites is 3. The predicted molar refractivity (Wildman–Crippen MR) is 202 cm³/mol. The molecule has 0 saturated heterocycles. The summed E-state index contributed by atoms with van der Waals surface area (Å²) in [5.74, 6) is 0.590. The maximum absolute atomic E-state index is 7.10. The Morgan fingerprint density at radius 2 is 1.18 bits per heavy atom. The van der Waals surface area contributed by atoms with Gasteiger partial charge in [-0.15, -0.1) is 0 Å². The van der Waals surface area contributed by atoms with Crippen LogP contribution in [-0.2, 0) is 0 Å². The van der Waals surface area contributed by atoms with Gasteiger partial charge in [-0.2, -0.15) is 0 Å². The van der Waals surface area contributed by atoms with Gasteiger partial charge in [0.2, 0.25) is 5.89 Å². The second kappa shape index (κ2) is 9.93. The topological polar surface area (TPSA) is 44.1 Å². The number of furan rings is 1. The van der Waals surface area contributed by atoms with Gasteiger partial charge in [-0.25, -0.2) is 4.98 Å². The Kier molecular flexibility index (Phi) is 5.35. The average molecular weight is 627 g/mol. The first kappa shape index (κ1) is 26.4. The van der Waals surface area contributed by atoms with E-state index in [4.69, 9.17) is 13.8 Å². The molecule has 4 heteroatoms.